The topological polar surface area (TPSA) is 77.0 Å². The van der Waals surface area contributed by atoms with Crippen molar-refractivity contribution in [2.45, 2.75) is 17.7 Å². The lowest BCUT2D eigenvalue weighted by molar-refractivity contribution is 0.195. The number of alkyl halides is 1. The molecule has 1 aromatic carbocycles. The zero-order valence-corrected chi connectivity index (χ0v) is 12.9. The van der Waals surface area contributed by atoms with E-state index in [-0.39, 0.29) is 5.88 Å². The molecule has 2 aromatic rings. The third-order valence-electron chi connectivity index (χ3n) is 2.63. The summed E-state index contributed by atoms with van der Waals surface area (Å²) >= 11 is 12.8. The highest BCUT2D eigenvalue weighted by atomic mass is 35.5. The Morgan fingerprint density at radius 1 is 1.30 bits per heavy atom. The summed E-state index contributed by atoms with van der Waals surface area (Å²) in [6, 6.07) is 7.22. The standard InChI is InChI=1S/C12H14Cl2N4OS/c13-7-10(19)5-6-20-12-17-16-11(18(12)15)8-1-3-9(14)4-2-8/h1-4,10,19H,5-7,15H2. The maximum absolute atomic E-state index is 9.38. The van der Waals surface area contributed by atoms with Crippen molar-refractivity contribution < 1.29 is 5.11 Å². The minimum absolute atomic E-state index is 0.228. The lowest BCUT2D eigenvalue weighted by Crippen LogP contribution is -2.13. The van der Waals surface area contributed by atoms with Gasteiger partial charge in [-0.05, 0) is 30.7 Å². The van der Waals surface area contributed by atoms with Crippen molar-refractivity contribution in [3.05, 3.63) is 29.3 Å². The molecule has 0 spiro atoms. The molecule has 20 heavy (non-hydrogen) atoms. The number of halogens is 2. The van der Waals surface area contributed by atoms with E-state index < -0.39 is 6.10 Å². The minimum Gasteiger partial charge on any atom is -0.392 e. The van der Waals surface area contributed by atoms with Crippen molar-refractivity contribution in [2.75, 3.05) is 17.5 Å². The third-order valence-corrected chi connectivity index (χ3v) is 4.21. The fraction of sp³-hybridized carbons (Fsp3) is 0.333. The molecule has 5 nitrogen and oxygen atoms in total. The van der Waals surface area contributed by atoms with E-state index >= 15 is 0 Å². The first-order valence-electron chi connectivity index (χ1n) is 5.95. The van der Waals surface area contributed by atoms with Crippen LogP contribution in [0.15, 0.2) is 29.4 Å². The van der Waals surface area contributed by atoms with Gasteiger partial charge in [0.05, 0.1) is 6.10 Å². The highest BCUT2D eigenvalue weighted by molar-refractivity contribution is 7.99. The van der Waals surface area contributed by atoms with Crippen molar-refractivity contribution in [1.82, 2.24) is 14.9 Å². The van der Waals surface area contributed by atoms with E-state index in [0.29, 0.717) is 28.2 Å². The molecule has 0 saturated carbocycles. The van der Waals surface area contributed by atoms with Gasteiger partial charge in [0.25, 0.3) is 0 Å². The number of aromatic nitrogens is 3. The Morgan fingerprint density at radius 2 is 2.00 bits per heavy atom. The molecule has 108 valence electrons. The van der Waals surface area contributed by atoms with E-state index in [2.05, 4.69) is 10.2 Å². The van der Waals surface area contributed by atoms with Gasteiger partial charge in [0, 0.05) is 22.2 Å². The molecule has 2 rings (SSSR count). The van der Waals surface area contributed by atoms with Crippen LogP contribution in [-0.2, 0) is 0 Å². The molecule has 1 heterocycles. The highest BCUT2D eigenvalue weighted by Crippen LogP contribution is 2.23. The molecule has 0 bridgehead atoms. The number of nitrogens with two attached hydrogens (primary N) is 1. The van der Waals surface area contributed by atoms with Gasteiger partial charge in [0.15, 0.2) is 5.82 Å². The fourth-order valence-corrected chi connectivity index (χ4v) is 2.71. The molecule has 0 fully saturated rings. The molecule has 1 unspecified atom stereocenters. The number of thioether (sulfide) groups is 1. The van der Waals surface area contributed by atoms with E-state index in [1.807, 2.05) is 12.1 Å². The summed E-state index contributed by atoms with van der Waals surface area (Å²) in [5, 5.41) is 18.7. The first-order valence-corrected chi connectivity index (χ1v) is 7.85. The Morgan fingerprint density at radius 3 is 2.65 bits per heavy atom. The predicted octanol–water partition coefficient (Wildman–Crippen LogP) is 2.39. The number of nitrogen functional groups attached to an aromatic ring is 1. The van der Waals surface area contributed by atoms with Gasteiger partial charge in [-0.15, -0.1) is 21.8 Å². The summed E-state index contributed by atoms with van der Waals surface area (Å²) in [6.07, 6.45) is 0.0751. The first kappa shape index (κ1) is 15.4. The Labute approximate surface area is 131 Å². The minimum atomic E-state index is -0.506. The number of nitrogens with zero attached hydrogens (tertiary/aromatic N) is 3. The van der Waals surface area contributed by atoms with Crippen LogP contribution >= 0.6 is 35.0 Å². The molecular formula is C12H14Cl2N4OS. The van der Waals surface area contributed by atoms with E-state index in [4.69, 9.17) is 29.0 Å². The number of benzene rings is 1. The van der Waals surface area contributed by atoms with Crippen LogP contribution in [0.2, 0.25) is 5.02 Å². The smallest absolute Gasteiger partial charge is 0.210 e. The summed E-state index contributed by atoms with van der Waals surface area (Å²) in [7, 11) is 0. The van der Waals surface area contributed by atoms with Crippen molar-refractivity contribution in [1.29, 1.82) is 0 Å². The average Bonchev–Trinajstić information content (AvgIpc) is 2.81. The summed E-state index contributed by atoms with van der Waals surface area (Å²) in [5.74, 6) is 7.44. The van der Waals surface area contributed by atoms with Crippen molar-refractivity contribution in [3.8, 4) is 11.4 Å². The average molecular weight is 333 g/mol. The second-order valence-electron chi connectivity index (χ2n) is 4.13. The SMILES string of the molecule is Nn1c(SCCC(O)CCl)nnc1-c1ccc(Cl)cc1. The Bertz CT molecular complexity index is 561. The largest absolute Gasteiger partial charge is 0.392 e. The first-order chi connectivity index (χ1) is 9.61. The Kier molecular flexibility index (Phi) is 5.54. The van der Waals surface area contributed by atoms with Crippen molar-refractivity contribution in [3.63, 3.8) is 0 Å². The molecular weight excluding hydrogens is 319 g/mol. The number of hydrogen-bond donors (Lipinski definition) is 2. The van der Waals surface area contributed by atoms with Gasteiger partial charge >= 0.3 is 0 Å². The number of hydrogen-bond acceptors (Lipinski definition) is 5. The molecule has 0 radical (unpaired) electrons. The lowest BCUT2D eigenvalue weighted by Gasteiger charge is -2.06. The number of aliphatic hydroxyl groups excluding tert-OH is 1. The number of rotatable bonds is 6. The Hall–Kier alpha value is -0.950. The number of aliphatic hydroxyl groups is 1. The zero-order valence-electron chi connectivity index (χ0n) is 10.5. The van der Waals surface area contributed by atoms with Crippen LogP contribution in [0, 0.1) is 0 Å². The van der Waals surface area contributed by atoms with E-state index in [0.717, 1.165) is 5.56 Å². The molecule has 0 amide bonds. The zero-order chi connectivity index (χ0) is 14.5. The molecule has 0 saturated heterocycles. The molecule has 1 aromatic heterocycles. The Balaban J connectivity index is 2.05. The molecule has 8 heteroatoms. The van der Waals surface area contributed by atoms with Gasteiger partial charge in [0.1, 0.15) is 0 Å². The van der Waals surface area contributed by atoms with Crippen LogP contribution in [0.3, 0.4) is 0 Å². The van der Waals surface area contributed by atoms with Gasteiger partial charge < -0.3 is 10.9 Å². The molecule has 3 N–H and O–H groups in total. The van der Waals surface area contributed by atoms with Gasteiger partial charge in [-0.2, -0.15) is 0 Å². The second kappa shape index (κ2) is 7.17. The van der Waals surface area contributed by atoms with Crippen LogP contribution < -0.4 is 5.84 Å². The van der Waals surface area contributed by atoms with Gasteiger partial charge in [-0.3, -0.25) is 0 Å². The maximum atomic E-state index is 9.38. The van der Waals surface area contributed by atoms with Gasteiger partial charge in [-0.1, -0.05) is 23.4 Å². The summed E-state index contributed by atoms with van der Waals surface area (Å²) in [5.41, 5.74) is 0.844. The van der Waals surface area contributed by atoms with Crippen LogP contribution in [0.4, 0.5) is 0 Å². The van der Waals surface area contributed by atoms with E-state index in [1.54, 1.807) is 12.1 Å². The quantitative estimate of drug-likeness (QED) is 0.482. The second-order valence-corrected chi connectivity index (χ2v) is 5.94. The lowest BCUT2D eigenvalue weighted by atomic mass is 10.2. The predicted molar refractivity (Wildman–Crippen MR) is 82.7 cm³/mol. The highest BCUT2D eigenvalue weighted by Gasteiger charge is 2.12. The monoisotopic (exact) mass is 332 g/mol. The van der Waals surface area contributed by atoms with Crippen LogP contribution in [-0.4, -0.2) is 37.7 Å². The van der Waals surface area contributed by atoms with Gasteiger partial charge in [0.2, 0.25) is 5.16 Å². The fourth-order valence-electron chi connectivity index (χ4n) is 1.53. The molecule has 1 atom stereocenters. The van der Waals surface area contributed by atoms with E-state index in [9.17, 15) is 5.11 Å². The maximum Gasteiger partial charge on any atom is 0.210 e. The van der Waals surface area contributed by atoms with Gasteiger partial charge in [-0.25, -0.2) is 4.68 Å². The van der Waals surface area contributed by atoms with Crippen molar-refractivity contribution >= 4 is 35.0 Å². The van der Waals surface area contributed by atoms with E-state index in [1.165, 1.54) is 16.4 Å². The van der Waals surface area contributed by atoms with Crippen molar-refractivity contribution in [2.24, 2.45) is 0 Å². The van der Waals surface area contributed by atoms with Crippen LogP contribution in [0.1, 0.15) is 6.42 Å². The summed E-state index contributed by atoms with van der Waals surface area (Å²) in [6.45, 7) is 0. The third kappa shape index (κ3) is 3.79. The van der Waals surface area contributed by atoms with Crippen LogP contribution in [0.25, 0.3) is 11.4 Å². The molecule has 0 aliphatic rings. The molecule has 0 aliphatic carbocycles. The van der Waals surface area contributed by atoms with Crippen LogP contribution in [0.5, 0.6) is 0 Å². The normalized spacial score (nSPS) is 12.6. The summed E-state index contributed by atoms with van der Waals surface area (Å²) in [4.78, 5) is 0. The molecule has 0 aliphatic heterocycles. The summed E-state index contributed by atoms with van der Waals surface area (Å²) < 4.78 is 1.43.